The van der Waals surface area contributed by atoms with Crippen molar-refractivity contribution in [1.29, 1.82) is 0 Å². The van der Waals surface area contributed by atoms with Gasteiger partial charge in [0.25, 0.3) is 0 Å². The smallest absolute Gasteiger partial charge is 0.331 e. The highest BCUT2D eigenvalue weighted by Gasteiger charge is 2.43. The number of esters is 1. The molecule has 0 aromatic heterocycles. The molecule has 0 unspecified atom stereocenters. The highest BCUT2D eigenvalue weighted by Crippen LogP contribution is 2.32. The van der Waals surface area contributed by atoms with Crippen LogP contribution in [-0.4, -0.2) is 31.1 Å². The van der Waals surface area contributed by atoms with Crippen LogP contribution in [-0.2, 0) is 20.9 Å². The van der Waals surface area contributed by atoms with Gasteiger partial charge in [-0.3, -0.25) is 4.79 Å². The van der Waals surface area contributed by atoms with Crippen LogP contribution in [0.4, 0.5) is 4.39 Å². The zero-order chi connectivity index (χ0) is 23.8. The molecule has 6 nitrogen and oxygen atoms in total. The van der Waals surface area contributed by atoms with Gasteiger partial charge in [-0.15, -0.1) is 0 Å². The van der Waals surface area contributed by atoms with E-state index in [0.29, 0.717) is 35.5 Å². The Kier molecular flexibility index (Phi) is 8.33. The minimum atomic E-state index is -0.950. The van der Waals surface area contributed by atoms with E-state index >= 15 is 0 Å². The van der Waals surface area contributed by atoms with E-state index in [4.69, 9.17) is 25.8 Å². The van der Waals surface area contributed by atoms with Crippen LogP contribution in [0.25, 0.3) is 6.08 Å². The standard InChI is InChI=1S/C25H27ClFNO5/c1-3-32-24(30)25(12-4-5-13-25)28-23(29)11-7-17-6-10-21(22(14-17)31-2)33-16-18-8-9-19(27)15-20(18)26/h6-11,14-15H,3-5,12-13,16H2,1-2H3,(H,28,29)/b11-7+. The molecule has 33 heavy (non-hydrogen) atoms. The van der Waals surface area contributed by atoms with E-state index in [-0.39, 0.29) is 30.1 Å². The number of carbonyl (C=O) groups is 2. The number of rotatable bonds is 9. The predicted molar refractivity (Wildman–Crippen MR) is 124 cm³/mol. The highest BCUT2D eigenvalue weighted by atomic mass is 35.5. The van der Waals surface area contributed by atoms with Crippen molar-refractivity contribution in [2.24, 2.45) is 0 Å². The number of nitrogens with one attached hydrogen (secondary N) is 1. The lowest BCUT2D eigenvalue weighted by atomic mass is 9.97. The monoisotopic (exact) mass is 475 g/mol. The minimum absolute atomic E-state index is 0.142. The van der Waals surface area contributed by atoms with Gasteiger partial charge in [0.05, 0.1) is 18.7 Å². The number of halogens is 2. The molecule has 1 fully saturated rings. The average Bonchev–Trinajstić information content (AvgIpc) is 3.27. The molecule has 2 aromatic rings. The van der Waals surface area contributed by atoms with Crippen molar-refractivity contribution in [1.82, 2.24) is 5.32 Å². The molecule has 3 rings (SSSR count). The van der Waals surface area contributed by atoms with Gasteiger partial charge in [-0.2, -0.15) is 0 Å². The zero-order valence-electron chi connectivity index (χ0n) is 18.7. The fourth-order valence-corrected chi connectivity index (χ4v) is 4.00. The zero-order valence-corrected chi connectivity index (χ0v) is 19.4. The van der Waals surface area contributed by atoms with Gasteiger partial charge < -0.3 is 19.5 Å². The van der Waals surface area contributed by atoms with Crippen molar-refractivity contribution in [3.8, 4) is 11.5 Å². The van der Waals surface area contributed by atoms with Gasteiger partial charge in [-0.05, 0) is 55.7 Å². The molecule has 1 N–H and O–H groups in total. The lowest BCUT2D eigenvalue weighted by Crippen LogP contribution is -2.52. The average molecular weight is 476 g/mol. The van der Waals surface area contributed by atoms with Crippen molar-refractivity contribution in [2.45, 2.75) is 44.8 Å². The van der Waals surface area contributed by atoms with E-state index in [1.165, 1.54) is 25.3 Å². The second kappa shape index (κ2) is 11.2. The summed E-state index contributed by atoms with van der Waals surface area (Å²) in [6, 6.07) is 9.32. The summed E-state index contributed by atoms with van der Waals surface area (Å²) in [5.41, 5.74) is 0.406. The first-order chi connectivity index (χ1) is 15.9. The van der Waals surface area contributed by atoms with E-state index in [1.54, 1.807) is 37.3 Å². The Morgan fingerprint density at radius 1 is 1.15 bits per heavy atom. The Hall–Kier alpha value is -3.06. The maximum Gasteiger partial charge on any atom is 0.331 e. The van der Waals surface area contributed by atoms with Gasteiger partial charge in [0.2, 0.25) is 5.91 Å². The number of hydrogen-bond acceptors (Lipinski definition) is 5. The first-order valence-corrected chi connectivity index (χ1v) is 11.2. The lowest BCUT2D eigenvalue weighted by molar-refractivity contribution is -0.152. The summed E-state index contributed by atoms with van der Waals surface area (Å²) in [5, 5.41) is 3.12. The first kappa shape index (κ1) is 24.6. The summed E-state index contributed by atoms with van der Waals surface area (Å²) in [6.07, 6.45) is 5.89. The molecule has 0 aliphatic heterocycles. The second-order valence-electron chi connectivity index (χ2n) is 7.77. The Bertz CT molecular complexity index is 1030. The maximum atomic E-state index is 13.2. The fourth-order valence-electron chi connectivity index (χ4n) is 3.78. The van der Waals surface area contributed by atoms with E-state index in [1.807, 2.05) is 0 Å². The molecular formula is C25H27ClFNO5. The molecule has 1 amide bonds. The van der Waals surface area contributed by atoms with Gasteiger partial charge in [-0.1, -0.05) is 36.6 Å². The van der Waals surface area contributed by atoms with Crippen LogP contribution in [0.1, 0.15) is 43.7 Å². The number of hydrogen-bond donors (Lipinski definition) is 1. The normalized spacial score (nSPS) is 14.8. The van der Waals surface area contributed by atoms with Crippen molar-refractivity contribution < 1.29 is 28.2 Å². The minimum Gasteiger partial charge on any atom is -0.493 e. The van der Waals surface area contributed by atoms with Gasteiger partial charge in [0, 0.05) is 11.6 Å². The largest absolute Gasteiger partial charge is 0.493 e. The molecule has 0 radical (unpaired) electrons. The van der Waals surface area contributed by atoms with Crippen molar-refractivity contribution in [3.05, 3.63) is 64.4 Å². The molecule has 8 heteroatoms. The van der Waals surface area contributed by atoms with Crippen LogP contribution < -0.4 is 14.8 Å². The summed E-state index contributed by atoms with van der Waals surface area (Å²) in [4.78, 5) is 24.9. The Labute approximate surface area is 197 Å². The summed E-state index contributed by atoms with van der Waals surface area (Å²) >= 11 is 6.05. The molecule has 1 aliphatic rings. The van der Waals surface area contributed by atoms with Crippen molar-refractivity contribution >= 4 is 29.6 Å². The molecule has 1 saturated carbocycles. The molecular weight excluding hydrogens is 449 g/mol. The molecule has 1 aliphatic carbocycles. The Morgan fingerprint density at radius 2 is 1.91 bits per heavy atom. The number of carbonyl (C=O) groups excluding carboxylic acids is 2. The van der Waals surface area contributed by atoms with E-state index in [9.17, 15) is 14.0 Å². The molecule has 176 valence electrons. The number of amides is 1. The van der Waals surface area contributed by atoms with E-state index in [2.05, 4.69) is 5.32 Å². The number of methoxy groups -OCH3 is 1. The van der Waals surface area contributed by atoms with Crippen LogP contribution in [0.2, 0.25) is 5.02 Å². The molecule has 0 heterocycles. The number of benzene rings is 2. The highest BCUT2D eigenvalue weighted by molar-refractivity contribution is 6.31. The molecule has 0 bridgehead atoms. The van der Waals surface area contributed by atoms with Crippen LogP contribution in [0.5, 0.6) is 11.5 Å². The summed E-state index contributed by atoms with van der Waals surface area (Å²) in [5.74, 6) is -0.215. The van der Waals surface area contributed by atoms with E-state index < -0.39 is 11.4 Å². The topological polar surface area (TPSA) is 73.9 Å². The Balaban J connectivity index is 1.66. The summed E-state index contributed by atoms with van der Waals surface area (Å²) in [7, 11) is 1.51. The van der Waals surface area contributed by atoms with Crippen molar-refractivity contribution in [2.75, 3.05) is 13.7 Å². The third-order valence-electron chi connectivity index (χ3n) is 5.50. The molecule has 0 saturated heterocycles. The molecule has 0 spiro atoms. The SMILES string of the molecule is CCOC(=O)C1(NC(=O)/C=C/c2ccc(OCc3ccc(F)cc3Cl)c(OC)c2)CCCC1. The van der Waals surface area contributed by atoms with Crippen molar-refractivity contribution in [3.63, 3.8) is 0 Å². The summed E-state index contributed by atoms with van der Waals surface area (Å²) in [6.45, 7) is 2.16. The van der Waals surface area contributed by atoms with Crippen LogP contribution in [0, 0.1) is 5.82 Å². The fraction of sp³-hybridized carbons (Fsp3) is 0.360. The first-order valence-electron chi connectivity index (χ1n) is 10.8. The van der Waals surface area contributed by atoms with Crippen LogP contribution >= 0.6 is 11.6 Å². The quantitative estimate of drug-likeness (QED) is 0.405. The maximum absolute atomic E-state index is 13.2. The lowest BCUT2D eigenvalue weighted by Gasteiger charge is -2.27. The predicted octanol–water partition coefficient (Wildman–Crippen LogP) is 5.07. The van der Waals surface area contributed by atoms with Gasteiger partial charge in [0.1, 0.15) is 18.0 Å². The third-order valence-corrected chi connectivity index (χ3v) is 5.85. The number of ether oxygens (including phenoxy) is 3. The molecule has 0 atom stereocenters. The second-order valence-corrected chi connectivity index (χ2v) is 8.17. The van der Waals surface area contributed by atoms with Crippen LogP contribution in [0.15, 0.2) is 42.5 Å². The van der Waals surface area contributed by atoms with Gasteiger partial charge >= 0.3 is 5.97 Å². The third kappa shape index (κ3) is 6.26. The molecule has 2 aromatic carbocycles. The Morgan fingerprint density at radius 3 is 2.58 bits per heavy atom. The van der Waals surface area contributed by atoms with E-state index in [0.717, 1.165) is 12.8 Å². The van der Waals surface area contributed by atoms with Gasteiger partial charge in [0.15, 0.2) is 11.5 Å². The van der Waals surface area contributed by atoms with Gasteiger partial charge in [-0.25, -0.2) is 9.18 Å². The summed E-state index contributed by atoms with van der Waals surface area (Å²) < 4.78 is 29.6. The van der Waals surface area contributed by atoms with Crippen LogP contribution in [0.3, 0.4) is 0 Å².